The van der Waals surface area contributed by atoms with Gasteiger partial charge in [-0.15, -0.1) is 0 Å². The molecule has 0 aliphatic heterocycles. The Bertz CT molecular complexity index is 53.6. The summed E-state index contributed by atoms with van der Waals surface area (Å²) >= 11 is 0. The molecule has 1 radical (unpaired) electrons. The minimum atomic E-state index is -0.107. The molecule has 0 aliphatic carbocycles. The van der Waals surface area contributed by atoms with Gasteiger partial charge in [0.1, 0.15) is 0 Å². The van der Waals surface area contributed by atoms with Crippen molar-refractivity contribution in [3.8, 4) is 0 Å². The summed E-state index contributed by atoms with van der Waals surface area (Å²) in [4.78, 5) is 0. The summed E-state index contributed by atoms with van der Waals surface area (Å²) in [7, 11) is 0. The molecule has 1 nitrogen and oxygen atoms in total. The molecule has 0 spiro atoms. The summed E-state index contributed by atoms with van der Waals surface area (Å²) in [5.41, 5.74) is 0. The van der Waals surface area contributed by atoms with Crippen LogP contribution in [-0.2, 0) is 0 Å². The minimum Gasteiger partial charge on any atom is -0.393 e. The van der Waals surface area contributed by atoms with Gasteiger partial charge in [-0.2, -0.15) is 0 Å². The van der Waals surface area contributed by atoms with E-state index in [9.17, 15) is 0 Å². The van der Waals surface area contributed by atoms with E-state index in [-0.39, 0.29) is 6.10 Å². The molecule has 1 heteroatoms. The third-order valence-electron chi connectivity index (χ3n) is 1.66. The Morgan fingerprint density at radius 1 is 1.44 bits per heavy atom. The van der Waals surface area contributed by atoms with E-state index in [0.29, 0.717) is 0 Å². The van der Waals surface area contributed by atoms with Gasteiger partial charge in [-0.25, -0.2) is 0 Å². The molecule has 55 valence electrons. The molecule has 1 N–H and O–H groups in total. The molecule has 0 aromatic rings. The second-order valence-electron chi connectivity index (χ2n) is 2.58. The highest BCUT2D eigenvalue weighted by molar-refractivity contribution is 4.84. The van der Waals surface area contributed by atoms with Crippen LogP contribution in [0.5, 0.6) is 0 Å². The summed E-state index contributed by atoms with van der Waals surface area (Å²) in [6, 6.07) is 0. The van der Waals surface area contributed by atoms with Crippen LogP contribution in [0.2, 0.25) is 0 Å². The normalized spacial score (nSPS) is 14.3. The van der Waals surface area contributed by atoms with Crippen LogP contribution in [0, 0.1) is 5.92 Å². The van der Waals surface area contributed by atoms with Crippen LogP contribution in [0.4, 0.5) is 0 Å². The number of hydrogen-bond acceptors (Lipinski definition) is 1. The smallest absolute Gasteiger partial charge is 0.0543 e. The first kappa shape index (κ1) is 8.96. The van der Waals surface area contributed by atoms with Crippen molar-refractivity contribution in [1.29, 1.82) is 0 Å². The molecule has 0 amide bonds. The van der Waals surface area contributed by atoms with Crippen LogP contribution in [0.3, 0.4) is 0 Å². The van der Waals surface area contributed by atoms with Crippen LogP contribution in [0.25, 0.3) is 0 Å². The van der Waals surface area contributed by atoms with E-state index in [4.69, 9.17) is 5.11 Å². The highest BCUT2D eigenvalue weighted by atomic mass is 16.3. The lowest BCUT2D eigenvalue weighted by molar-refractivity contribution is 0.163. The third kappa shape index (κ3) is 4.46. The van der Waals surface area contributed by atoms with E-state index < -0.39 is 0 Å². The quantitative estimate of drug-likeness (QED) is 0.616. The Kier molecular flexibility index (Phi) is 4.78. The highest BCUT2D eigenvalue weighted by Crippen LogP contribution is 2.13. The van der Waals surface area contributed by atoms with E-state index in [0.717, 1.165) is 19.3 Å². The predicted octanol–water partition coefficient (Wildman–Crippen LogP) is 2.15. The summed E-state index contributed by atoms with van der Waals surface area (Å²) < 4.78 is 0. The van der Waals surface area contributed by atoms with E-state index in [1.54, 1.807) is 0 Å². The fourth-order valence-electron chi connectivity index (χ4n) is 0.691. The molecule has 0 heterocycles. The van der Waals surface area contributed by atoms with Crippen LogP contribution in [0.1, 0.15) is 40.0 Å². The van der Waals surface area contributed by atoms with Gasteiger partial charge in [-0.3, -0.25) is 0 Å². The minimum absolute atomic E-state index is 0.107. The Morgan fingerprint density at radius 2 is 2.00 bits per heavy atom. The Hall–Kier alpha value is -0.0400. The van der Waals surface area contributed by atoms with Gasteiger partial charge in [0.15, 0.2) is 0 Å². The van der Waals surface area contributed by atoms with Crippen molar-refractivity contribution in [3.05, 3.63) is 5.92 Å². The molecule has 1 atom stereocenters. The number of aliphatic hydroxyl groups excluding tert-OH is 1. The van der Waals surface area contributed by atoms with Gasteiger partial charge in [0.05, 0.1) is 6.10 Å². The number of hydrogen-bond donors (Lipinski definition) is 1. The zero-order chi connectivity index (χ0) is 7.28. The molecule has 0 saturated heterocycles. The van der Waals surface area contributed by atoms with Gasteiger partial charge < -0.3 is 5.11 Å². The standard InChI is InChI=1S/C8H17O/c1-4-7(3)6-8(9)5-2/h8-9H,4-6H2,1-3H3. The second-order valence-corrected chi connectivity index (χ2v) is 2.58. The maximum Gasteiger partial charge on any atom is 0.0543 e. The van der Waals surface area contributed by atoms with Gasteiger partial charge in [0, 0.05) is 0 Å². The van der Waals surface area contributed by atoms with Crippen LogP contribution < -0.4 is 0 Å². The molecule has 0 bridgehead atoms. The Balaban J connectivity index is 3.22. The van der Waals surface area contributed by atoms with Gasteiger partial charge in [0.25, 0.3) is 0 Å². The molecule has 0 rings (SSSR count). The average molecular weight is 129 g/mol. The first-order valence-corrected chi connectivity index (χ1v) is 3.70. The predicted molar refractivity (Wildman–Crippen MR) is 40.1 cm³/mol. The highest BCUT2D eigenvalue weighted by Gasteiger charge is 2.05. The van der Waals surface area contributed by atoms with Crippen LogP contribution in [-0.4, -0.2) is 11.2 Å². The average Bonchev–Trinajstić information content (AvgIpc) is 1.87. The maximum atomic E-state index is 9.14. The van der Waals surface area contributed by atoms with E-state index in [1.807, 2.05) is 6.92 Å². The first-order chi connectivity index (χ1) is 4.20. The lowest BCUT2D eigenvalue weighted by atomic mass is 10.00. The van der Waals surface area contributed by atoms with Crippen molar-refractivity contribution in [2.75, 3.05) is 0 Å². The molecule has 0 aliphatic rings. The molecular weight excluding hydrogens is 112 g/mol. The Morgan fingerprint density at radius 3 is 2.33 bits per heavy atom. The van der Waals surface area contributed by atoms with Crippen molar-refractivity contribution in [2.24, 2.45) is 0 Å². The molecule has 0 saturated carbocycles. The molecule has 9 heavy (non-hydrogen) atoms. The first-order valence-electron chi connectivity index (χ1n) is 3.70. The van der Waals surface area contributed by atoms with Crippen molar-refractivity contribution in [1.82, 2.24) is 0 Å². The zero-order valence-electron chi connectivity index (χ0n) is 6.65. The summed E-state index contributed by atoms with van der Waals surface area (Å²) in [6.07, 6.45) is 2.74. The van der Waals surface area contributed by atoms with Gasteiger partial charge >= 0.3 is 0 Å². The monoisotopic (exact) mass is 129 g/mol. The maximum absolute atomic E-state index is 9.14. The van der Waals surface area contributed by atoms with E-state index in [2.05, 4.69) is 13.8 Å². The topological polar surface area (TPSA) is 20.2 Å². The lowest BCUT2D eigenvalue weighted by Gasteiger charge is -2.11. The van der Waals surface area contributed by atoms with Crippen LogP contribution >= 0.6 is 0 Å². The molecule has 0 aromatic heterocycles. The molecule has 0 fully saturated rings. The number of rotatable bonds is 4. The summed E-state index contributed by atoms with van der Waals surface area (Å²) in [6.45, 7) is 6.23. The zero-order valence-corrected chi connectivity index (χ0v) is 6.65. The van der Waals surface area contributed by atoms with Gasteiger partial charge in [-0.1, -0.05) is 27.2 Å². The molecular formula is C8H17O. The SMILES string of the molecule is CC[C](C)CC(O)CC. The molecule has 1 unspecified atom stereocenters. The van der Waals surface area contributed by atoms with Crippen molar-refractivity contribution < 1.29 is 5.11 Å². The van der Waals surface area contributed by atoms with Gasteiger partial charge in [-0.05, 0) is 18.8 Å². The summed E-state index contributed by atoms with van der Waals surface area (Å²) in [5.74, 6) is 1.39. The van der Waals surface area contributed by atoms with E-state index in [1.165, 1.54) is 5.92 Å². The fraction of sp³-hybridized carbons (Fsp3) is 0.875. The van der Waals surface area contributed by atoms with Gasteiger partial charge in [0.2, 0.25) is 0 Å². The second kappa shape index (κ2) is 4.80. The van der Waals surface area contributed by atoms with Crippen LogP contribution in [0.15, 0.2) is 0 Å². The van der Waals surface area contributed by atoms with Crippen molar-refractivity contribution in [2.45, 2.75) is 46.1 Å². The largest absolute Gasteiger partial charge is 0.393 e. The van der Waals surface area contributed by atoms with Crippen molar-refractivity contribution in [3.63, 3.8) is 0 Å². The summed E-state index contributed by atoms with van der Waals surface area (Å²) in [5, 5.41) is 9.14. The fourth-order valence-corrected chi connectivity index (χ4v) is 0.691. The Labute approximate surface area is 58.1 Å². The molecule has 0 aromatic carbocycles. The number of aliphatic hydroxyl groups is 1. The third-order valence-corrected chi connectivity index (χ3v) is 1.66. The van der Waals surface area contributed by atoms with E-state index >= 15 is 0 Å². The lowest BCUT2D eigenvalue weighted by Crippen LogP contribution is -2.07. The van der Waals surface area contributed by atoms with Crippen molar-refractivity contribution >= 4 is 0 Å².